The standard InChI is InChI=1S/C10H16N6S2/c1-2-3-11-4-5-16-10(13-14-15-16)17-7-9-6-12-8-18-9/h6,8,11H,2-5,7H2,1H3. The quantitative estimate of drug-likeness (QED) is 0.584. The number of nitrogens with one attached hydrogen (secondary N) is 1. The van der Waals surface area contributed by atoms with Crippen molar-refractivity contribution in [1.82, 2.24) is 30.5 Å². The van der Waals surface area contributed by atoms with Gasteiger partial charge in [-0.15, -0.1) is 16.4 Å². The molecule has 2 aromatic rings. The lowest BCUT2D eigenvalue weighted by molar-refractivity contribution is 0.510. The molecule has 2 heterocycles. The van der Waals surface area contributed by atoms with Gasteiger partial charge in [-0.25, -0.2) is 4.68 Å². The summed E-state index contributed by atoms with van der Waals surface area (Å²) in [5.41, 5.74) is 1.84. The summed E-state index contributed by atoms with van der Waals surface area (Å²) in [5, 5.41) is 16.0. The fourth-order valence-corrected chi connectivity index (χ4v) is 2.92. The zero-order chi connectivity index (χ0) is 12.6. The molecule has 0 radical (unpaired) electrons. The van der Waals surface area contributed by atoms with E-state index in [9.17, 15) is 0 Å². The molecule has 0 aromatic carbocycles. The van der Waals surface area contributed by atoms with Crippen LogP contribution in [0, 0.1) is 0 Å². The summed E-state index contributed by atoms with van der Waals surface area (Å²) in [6, 6.07) is 0. The van der Waals surface area contributed by atoms with Gasteiger partial charge in [0.05, 0.1) is 12.1 Å². The predicted octanol–water partition coefficient (Wildman–Crippen LogP) is 1.42. The number of tetrazole rings is 1. The van der Waals surface area contributed by atoms with Gasteiger partial charge in [0.1, 0.15) is 0 Å². The lowest BCUT2D eigenvalue weighted by atomic mass is 10.5. The summed E-state index contributed by atoms with van der Waals surface area (Å²) in [4.78, 5) is 5.29. The highest BCUT2D eigenvalue weighted by Crippen LogP contribution is 2.21. The maximum atomic E-state index is 4.05. The van der Waals surface area contributed by atoms with Crippen LogP contribution in [-0.4, -0.2) is 38.3 Å². The van der Waals surface area contributed by atoms with Gasteiger partial charge >= 0.3 is 0 Å². The molecule has 0 unspecified atom stereocenters. The molecule has 0 atom stereocenters. The van der Waals surface area contributed by atoms with Crippen molar-refractivity contribution in [3.8, 4) is 0 Å². The topological polar surface area (TPSA) is 68.5 Å². The van der Waals surface area contributed by atoms with E-state index in [2.05, 4.69) is 32.7 Å². The molecular weight excluding hydrogens is 268 g/mol. The Balaban J connectivity index is 1.79. The molecule has 6 nitrogen and oxygen atoms in total. The van der Waals surface area contributed by atoms with Gasteiger partial charge in [-0.3, -0.25) is 4.98 Å². The molecule has 2 rings (SSSR count). The summed E-state index contributed by atoms with van der Waals surface area (Å²) in [5.74, 6) is 0.868. The Morgan fingerprint density at radius 3 is 3.17 bits per heavy atom. The second kappa shape index (κ2) is 7.45. The molecule has 98 valence electrons. The summed E-state index contributed by atoms with van der Waals surface area (Å²) >= 11 is 3.30. The lowest BCUT2D eigenvalue weighted by Gasteiger charge is -2.04. The molecule has 18 heavy (non-hydrogen) atoms. The van der Waals surface area contributed by atoms with Gasteiger partial charge < -0.3 is 5.32 Å². The van der Waals surface area contributed by atoms with Gasteiger partial charge in [-0.05, 0) is 23.4 Å². The van der Waals surface area contributed by atoms with Crippen molar-refractivity contribution < 1.29 is 0 Å². The number of rotatable bonds is 8. The van der Waals surface area contributed by atoms with E-state index in [0.717, 1.165) is 37.0 Å². The van der Waals surface area contributed by atoms with Gasteiger partial charge in [0.2, 0.25) is 5.16 Å². The zero-order valence-electron chi connectivity index (χ0n) is 10.2. The van der Waals surface area contributed by atoms with Gasteiger partial charge in [0, 0.05) is 23.4 Å². The highest BCUT2D eigenvalue weighted by Gasteiger charge is 2.07. The van der Waals surface area contributed by atoms with E-state index in [0.29, 0.717) is 0 Å². The number of nitrogens with zero attached hydrogens (tertiary/aromatic N) is 5. The second-order valence-corrected chi connectivity index (χ2v) is 5.60. The average molecular weight is 284 g/mol. The minimum atomic E-state index is 0.804. The van der Waals surface area contributed by atoms with Crippen LogP contribution in [0.3, 0.4) is 0 Å². The molecule has 0 bridgehead atoms. The van der Waals surface area contributed by atoms with Crippen molar-refractivity contribution in [3.05, 3.63) is 16.6 Å². The van der Waals surface area contributed by atoms with Crippen molar-refractivity contribution in [2.24, 2.45) is 0 Å². The van der Waals surface area contributed by atoms with Gasteiger partial charge in [0.25, 0.3) is 0 Å². The molecule has 0 aliphatic carbocycles. The monoisotopic (exact) mass is 284 g/mol. The smallest absolute Gasteiger partial charge is 0.209 e. The summed E-state index contributed by atoms with van der Waals surface area (Å²) in [6.45, 7) is 4.89. The summed E-state index contributed by atoms with van der Waals surface area (Å²) < 4.78 is 1.84. The number of thiazole rings is 1. The number of hydrogen-bond acceptors (Lipinski definition) is 7. The number of aromatic nitrogens is 5. The second-order valence-electron chi connectivity index (χ2n) is 3.69. The molecule has 2 aromatic heterocycles. The Morgan fingerprint density at radius 1 is 1.44 bits per heavy atom. The van der Waals surface area contributed by atoms with Crippen LogP contribution in [0.2, 0.25) is 0 Å². The van der Waals surface area contributed by atoms with Crippen LogP contribution in [0.4, 0.5) is 0 Å². The van der Waals surface area contributed by atoms with Crippen molar-refractivity contribution >= 4 is 23.1 Å². The van der Waals surface area contributed by atoms with Crippen LogP contribution < -0.4 is 5.32 Å². The van der Waals surface area contributed by atoms with E-state index in [4.69, 9.17) is 0 Å². The first-order valence-corrected chi connectivity index (χ1v) is 7.73. The maximum absolute atomic E-state index is 4.05. The third kappa shape index (κ3) is 4.04. The molecule has 0 saturated carbocycles. The Kier molecular flexibility index (Phi) is 5.56. The van der Waals surface area contributed by atoms with Crippen LogP contribution in [0.1, 0.15) is 18.2 Å². The highest BCUT2D eigenvalue weighted by molar-refractivity contribution is 7.98. The van der Waals surface area contributed by atoms with Gasteiger partial charge in [-0.2, -0.15) is 0 Å². The number of hydrogen-bond donors (Lipinski definition) is 1. The minimum absolute atomic E-state index is 0.804. The summed E-state index contributed by atoms with van der Waals surface area (Å²) in [6.07, 6.45) is 3.02. The summed E-state index contributed by atoms with van der Waals surface area (Å²) in [7, 11) is 0. The van der Waals surface area contributed by atoms with Crippen LogP contribution in [0.15, 0.2) is 16.9 Å². The number of thioether (sulfide) groups is 1. The molecule has 0 fully saturated rings. The van der Waals surface area contributed by atoms with E-state index >= 15 is 0 Å². The van der Waals surface area contributed by atoms with E-state index in [-0.39, 0.29) is 0 Å². The molecule has 0 spiro atoms. The van der Waals surface area contributed by atoms with Crippen LogP contribution in [-0.2, 0) is 12.3 Å². The van der Waals surface area contributed by atoms with E-state index in [1.807, 2.05) is 16.4 Å². The average Bonchev–Trinajstić information content (AvgIpc) is 3.03. The van der Waals surface area contributed by atoms with Crippen molar-refractivity contribution in [2.45, 2.75) is 30.8 Å². The van der Waals surface area contributed by atoms with Crippen molar-refractivity contribution in [1.29, 1.82) is 0 Å². The molecule has 8 heteroatoms. The molecule has 1 N–H and O–H groups in total. The van der Waals surface area contributed by atoms with Crippen molar-refractivity contribution in [2.75, 3.05) is 13.1 Å². The molecule has 0 aliphatic heterocycles. The largest absolute Gasteiger partial charge is 0.315 e. The van der Waals surface area contributed by atoms with Gasteiger partial charge in [0.15, 0.2) is 0 Å². The Labute approximate surface area is 114 Å². The van der Waals surface area contributed by atoms with E-state index in [1.54, 1.807) is 23.1 Å². The fourth-order valence-electron chi connectivity index (χ4n) is 1.38. The van der Waals surface area contributed by atoms with Crippen LogP contribution >= 0.6 is 23.1 Å². The third-order valence-electron chi connectivity index (χ3n) is 2.25. The Hall–Kier alpha value is -0.990. The third-order valence-corrected chi connectivity index (χ3v) is 4.22. The molecular formula is C10H16N6S2. The molecule has 0 amide bonds. The fraction of sp³-hybridized carbons (Fsp3) is 0.600. The molecule has 0 aliphatic rings. The lowest BCUT2D eigenvalue weighted by Crippen LogP contribution is -2.21. The maximum Gasteiger partial charge on any atom is 0.209 e. The molecule has 0 saturated heterocycles. The van der Waals surface area contributed by atoms with Gasteiger partial charge in [-0.1, -0.05) is 18.7 Å². The Bertz CT molecular complexity index is 441. The zero-order valence-corrected chi connectivity index (χ0v) is 11.9. The first-order chi connectivity index (χ1) is 8.90. The SMILES string of the molecule is CCCNCCn1nnnc1SCc1cncs1. The Morgan fingerprint density at radius 2 is 2.39 bits per heavy atom. The van der Waals surface area contributed by atoms with Crippen molar-refractivity contribution in [3.63, 3.8) is 0 Å². The van der Waals surface area contributed by atoms with Crippen LogP contribution in [0.5, 0.6) is 0 Å². The highest BCUT2D eigenvalue weighted by atomic mass is 32.2. The minimum Gasteiger partial charge on any atom is -0.315 e. The van der Waals surface area contributed by atoms with E-state index < -0.39 is 0 Å². The van der Waals surface area contributed by atoms with E-state index in [1.165, 1.54) is 4.88 Å². The normalized spacial score (nSPS) is 10.9. The predicted molar refractivity (Wildman–Crippen MR) is 72.7 cm³/mol. The first kappa shape index (κ1) is 13.4. The first-order valence-electron chi connectivity index (χ1n) is 5.87. The van der Waals surface area contributed by atoms with Crippen LogP contribution in [0.25, 0.3) is 0 Å².